The standard InChI is InChI=1S/C31H38Cl4N4O5/c1-4-6-7-8-12-15-23(17-16-20(3)32)43-31(42)38(22-13-10-9-11-14-22)28-27(44-30(41)36-5-2)29(40)39(37-28)26-24(34)18-21(33)19-25(26)35/h9-11,13-14,18-20,23,37H,4-8,12,15-17H2,1-3H3,(H,36,41). The van der Waals surface area contributed by atoms with E-state index in [-0.39, 0.29) is 38.5 Å². The van der Waals surface area contributed by atoms with Gasteiger partial charge in [-0.15, -0.1) is 11.6 Å². The maximum atomic E-state index is 14.0. The van der Waals surface area contributed by atoms with Crippen LogP contribution in [0.2, 0.25) is 15.1 Å². The number of benzene rings is 2. The zero-order valence-corrected chi connectivity index (χ0v) is 28.0. The summed E-state index contributed by atoms with van der Waals surface area (Å²) in [6.45, 7) is 5.98. The number of hydrogen-bond donors (Lipinski definition) is 2. The van der Waals surface area contributed by atoms with Crippen molar-refractivity contribution in [2.75, 3.05) is 11.4 Å². The lowest BCUT2D eigenvalue weighted by molar-refractivity contribution is 0.0923. The molecule has 0 spiro atoms. The van der Waals surface area contributed by atoms with E-state index in [1.54, 1.807) is 37.3 Å². The molecular weight excluding hydrogens is 650 g/mol. The van der Waals surface area contributed by atoms with E-state index in [9.17, 15) is 14.4 Å². The van der Waals surface area contributed by atoms with E-state index in [2.05, 4.69) is 17.3 Å². The Morgan fingerprint density at radius 3 is 2.25 bits per heavy atom. The van der Waals surface area contributed by atoms with Crippen LogP contribution < -0.4 is 20.5 Å². The summed E-state index contributed by atoms with van der Waals surface area (Å²) >= 11 is 25.2. The Labute approximate surface area is 277 Å². The smallest absolute Gasteiger partial charge is 0.420 e. The molecule has 1 heterocycles. The van der Waals surface area contributed by atoms with Crippen LogP contribution in [0.15, 0.2) is 47.3 Å². The number of carbonyl (C=O) groups excluding carboxylic acids is 2. The van der Waals surface area contributed by atoms with E-state index in [1.807, 2.05) is 6.92 Å². The second kappa shape index (κ2) is 17.6. The van der Waals surface area contributed by atoms with Crippen LogP contribution in [0.4, 0.5) is 21.1 Å². The Bertz CT molecular complexity index is 1420. The minimum Gasteiger partial charge on any atom is -0.446 e. The van der Waals surface area contributed by atoms with E-state index in [0.717, 1.165) is 41.7 Å². The number of hydrogen-bond acceptors (Lipinski definition) is 5. The summed E-state index contributed by atoms with van der Waals surface area (Å²) in [7, 11) is 0. The molecule has 2 aromatic carbocycles. The topological polar surface area (TPSA) is 106 Å². The van der Waals surface area contributed by atoms with Crippen molar-refractivity contribution >= 4 is 70.1 Å². The summed E-state index contributed by atoms with van der Waals surface area (Å²) in [5, 5.41) is 5.62. The number of amides is 2. The average Bonchev–Trinajstić information content (AvgIpc) is 3.26. The molecule has 0 radical (unpaired) electrons. The van der Waals surface area contributed by atoms with Crippen LogP contribution >= 0.6 is 46.4 Å². The molecule has 2 N–H and O–H groups in total. The van der Waals surface area contributed by atoms with Crippen LogP contribution in [0.25, 0.3) is 5.69 Å². The summed E-state index contributed by atoms with van der Waals surface area (Å²) < 4.78 is 12.5. The number of aromatic amines is 1. The molecular formula is C31H38Cl4N4O5. The zero-order chi connectivity index (χ0) is 32.2. The Balaban J connectivity index is 2.11. The van der Waals surface area contributed by atoms with Crippen molar-refractivity contribution in [1.29, 1.82) is 0 Å². The van der Waals surface area contributed by atoms with Crippen LogP contribution in [-0.4, -0.2) is 40.0 Å². The summed E-state index contributed by atoms with van der Waals surface area (Å²) in [5.74, 6) is -0.628. The van der Waals surface area contributed by atoms with E-state index >= 15 is 0 Å². The molecule has 2 atom stereocenters. The molecule has 9 nitrogen and oxygen atoms in total. The predicted molar refractivity (Wildman–Crippen MR) is 178 cm³/mol. The fourth-order valence-electron chi connectivity index (χ4n) is 4.58. The molecule has 2 amide bonds. The number of H-pyrrole nitrogens is 1. The first kappa shape index (κ1) is 35.6. The third kappa shape index (κ3) is 9.83. The van der Waals surface area contributed by atoms with E-state index in [4.69, 9.17) is 55.9 Å². The molecule has 0 aliphatic carbocycles. The van der Waals surface area contributed by atoms with Crippen molar-refractivity contribution in [3.8, 4) is 11.4 Å². The highest BCUT2D eigenvalue weighted by molar-refractivity contribution is 6.40. The van der Waals surface area contributed by atoms with E-state index in [1.165, 1.54) is 12.1 Å². The lowest BCUT2D eigenvalue weighted by Crippen LogP contribution is -2.33. The predicted octanol–water partition coefficient (Wildman–Crippen LogP) is 9.65. The number of para-hydroxylation sites is 1. The SMILES string of the molecule is CCCCCCCC(CCC(C)Cl)OC(=O)N(c1ccccc1)c1[nH]n(-c2c(Cl)cc(Cl)cc2Cl)c(=O)c1OC(=O)NCC. The summed E-state index contributed by atoms with van der Waals surface area (Å²) in [6, 6.07) is 11.4. The van der Waals surface area contributed by atoms with E-state index < -0.39 is 29.6 Å². The number of aromatic nitrogens is 2. The van der Waals surface area contributed by atoms with Gasteiger partial charge in [-0.2, -0.15) is 0 Å². The van der Waals surface area contributed by atoms with Gasteiger partial charge in [-0.1, -0.05) is 85.6 Å². The Morgan fingerprint density at radius 1 is 0.977 bits per heavy atom. The van der Waals surface area contributed by atoms with Gasteiger partial charge in [0.2, 0.25) is 5.75 Å². The van der Waals surface area contributed by atoms with Crippen LogP contribution in [0.1, 0.15) is 72.1 Å². The van der Waals surface area contributed by atoms with Crippen molar-refractivity contribution < 1.29 is 19.1 Å². The molecule has 0 aliphatic heterocycles. The number of anilines is 2. The van der Waals surface area contributed by atoms with Gasteiger partial charge in [-0.3, -0.25) is 9.89 Å². The van der Waals surface area contributed by atoms with Crippen LogP contribution in [0.5, 0.6) is 5.75 Å². The molecule has 0 bridgehead atoms. The first-order chi connectivity index (χ1) is 21.1. The highest BCUT2D eigenvalue weighted by atomic mass is 35.5. The lowest BCUT2D eigenvalue weighted by Gasteiger charge is -2.25. The molecule has 3 rings (SSSR count). The molecule has 13 heteroatoms. The molecule has 2 unspecified atom stereocenters. The van der Waals surface area contributed by atoms with Crippen LogP contribution in [0.3, 0.4) is 0 Å². The van der Waals surface area contributed by atoms with Gasteiger partial charge in [-0.25, -0.2) is 19.2 Å². The summed E-state index contributed by atoms with van der Waals surface area (Å²) in [6.07, 6.45) is 5.02. The molecule has 44 heavy (non-hydrogen) atoms. The molecule has 0 fully saturated rings. The van der Waals surface area contributed by atoms with Gasteiger partial charge in [0.05, 0.1) is 15.7 Å². The lowest BCUT2D eigenvalue weighted by atomic mass is 10.0. The quantitative estimate of drug-likeness (QED) is 0.122. The number of ether oxygens (including phenoxy) is 2. The van der Waals surface area contributed by atoms with Gasteiger partial charge in [0.25, 0.3) is 0 Å². The van der Waals surface area contributed by atoms with Gasteiger partial charge in [0.15, 0.2) is 5.82 Å². The number of nitrogens with zero attached hydrogens (tertiary/aromatic N) is 2. The van der Waals surface area contributed by atoms with Crippen LogP contribution in [0, 0.1) is 0 Å². The van der Waals surface area contributed by atoms with Gasteiger partial charge >= 0.3 is 17.7 Å². The number of carbonyl (C=O) groups is 2. The molecule has 3 aromatic rings. The fraction of sp³-hybridized carbons (Fsp3) is 0.452. The zero-order valence-electron chi connectivity index (χ0n) is 25.0. The normalized spacial score (nSPS) is 12.4. The first-order valence-corrected chi connectivity index (χ1v) is 16.3. The fourth-order valence-corrected chi connectivity index (χ4v) is 5.70. The van der Waals surface area contributed by atoms with Gasteiger partial charge in [-0.05, 0) is 63.8 Å². The van der Waals surface area contributed by atoms with Crippen molar-refractivity contribution in [3.63, 3.8) is 0 Å². The monoisotopic (exact) mass is 686 g/mol. The minimum absolute atomic E-state index is 0.0501. The van der Waals surface area contributed by atoms with Gasteiger partial charge in [0.1, 0.15) is 11.8 Å². The van der Waals surface area contributed by atoms with Crippen molar-refractivity contribution in [2.45, 2.75) is 83.6 Å². The first-order valence-electron chi connectivity index (χ1n) is 14.7. The number of nitrogens with one attached hydrogen (secondary N) is 2. The Kier molecular flexibility index (Phi) is 14.2. The second-order valence-electron chi connectivity index (χ2n) is 10.3. The van der Waals surface area contributed by atoms with Crippen molar-refractivity contribution in [1.82, 2.24) is 15.1 Å². The summed E-state index contributed by atoms with van der Waals surface area (Å²) in [5.41, 5.74) is -0.418. The number of unbranched alkanes of at least 4 members (excludes halogenated alkanes) is 4. The van der Waals surface area contributed by atoms with Crippen molar-refractivity contribution in [3.05, 3.63) is 67.9 Å². The second-order valence-corrected chi connectivity index (χ2v) is 12.3. The highest BCUT2D eigenvalue weighted by Crippen LogP contribution is 2.36. The molecule has 1 aromatic heterocycles. The third-order valence-electron chi connectivity index (χ3n) is 6.76. The number of alkyl halides is 1. The third-order valence-corrected chi connectivity index (χ3v) is 7.77. The minimum atomic E-state index is -0.896. The maximum absolute atomic E-state index is 14.0. The maximum Gasteiger partial charge on any atom is 0.420 e. The van der Waals surface area contributed by atoms with Crippen LogP contribution in [-0.2, 0) is 4.74 Å². The number of rotatable bonds is 15. The molecule has 240 valence electrons. The largest absolute Gasteiger partial charge is 0.446 e. The number of halogens is 4. The highest BCUT2D eigenvalue weighted by Gasteiger charge is 2.32. The Hall–Kier alpha value is -2.85. The summed E-state index contributed by atoms with van der Waals surface area (Å²) in [4.78, 5) is 41.6. The van der Waals surface area contributed by atoms with Crippen molar-refractivity contribution in [2.24, 2.45) is 0 Å². The average molecular weight is 688 g/mol. The Morgan fingerprint density at radius 2 is 1.64 bits per heavy atom. The van der Waals surface area contributed by atoms with E-state index in [0.29, 0.717) is 24.9 Å². The molecule has 0 saturated carbocycles. The molecule has 0 saturated heterocycles. The molecule has 0 aliphatic rings. The van der Waals surface area contributed by atoms with Gasteiger partial charge < -0.3 is 14.8 Å². The van der Waals surface area contributed by atoms with Gasteiger partial charge in [0, 0.05) is 16.9 Å².